The van der Waals surface area contributed by atoms with Gasteiger partial charge in [0.05, 0.1) is 22.5 Å². The highest BCUT2D eigenvalue weighted by Gasteiger charge is 2.69. The van der Waals surface area contributed by atoms with Crippen LogP contribution in [0.15, 0.2) is 58.4 Å². The Labute approximate surface area is 215 Å². The van der Waals surface area contributed by atoms with Crippen molar-refractivity contribution < 1.29 is 14.0 Å². The Kier molecular flexibility index (Phi) is 4.83. The number of hydrogen-bond donors (Lipinski definition) is 1. The van der Waals surface area contributed by atoms with E-state index in [4.69, 9.17) is 0 Å². The first-order valence-corrected chi connectivity index (χ1v) is 13.8. The van der Waals surface area contributed by atoms with Gasteiger partial charge >= 0.3 is 4.87 Å². The zero-order chi connectivity index (χ0) is 24.9. The second-order valence-electron chi connectivity index (χ2n) is 10.4. The molecule has 7 rings (SSSR count). The van der Waals surface area contributed by atoms with Crippen LogP contribution < -0.4 is 14.7 Å². The lowest BCUT2D eigenvalue weighted by Gasteiger charge is -2.43. The van der Waals surface area contributed by atoms with Gasteiger partial charge in [-0.1, -0.05) is 23.5 Å². The van der Waals surface area contributed by atoms with Gasteiger partial charge in [0.15, 0.2) is 0 Å². The van der Waals surface area contributed by atoms with Crippen molar-refractivity contribution in [2.24, 2.45) is 29.6 Å². The average Bonchev–Trinajstić information content (AvgIpc) is 3.59. The van der Waals surface area contributed by atoms with Crippen molar-refractivity contribution >= 4 is 46.3 Å². The van der Waals surface area contributed by atoms with Crippen LogP contribution >= 0.6 is 23.1 Å². The number of H-pyrrole nitrogens is 1. The Morgan fingerprint density at radius 2 is 1.61 bits per heavy atom. The van der Waals surface area contributed by atoms with Gasteiger partial charge in [-0.2, -0.15) is 0 Å². The van der Waals surface area contributed by atoms with Crippen molar-refractivity contribution in [2.45, 2.75) is 22.6 Å². The average molecular weight is 522 g/mol. The molecule has 2 amide bonds. The number of thioether (sulfide) groups is 1. The van der Waals surface area contributed by atoms with Crippen molar-refractivity contribution in [3.8, 4) is 0 Å². The van der Waals surface area contributed by atoms with Crippen molar-refractivity contribution in [1.82, 2.24) is 4.98 Å². The summed E-state index contributed by atoms with van der Waals surface area (Å²) in [6.45, 7) is 0. The van der Waals surface area contributed by atoms with Crippen LogP contribution in [0.5, 0.6) is 0 Å². The molecule has 1 N–H and O–H groups in total. The summed E-state index contributed by atoms with van der Waals surface area (Å²) >= 11 is 2.95. The number of anilines is 2. The third-order valence-corrected chi connectivity index (χ3v) is 11.2. The minimum absolute atomic E-state index is 0.00476. The van der Waals surface area contributed by atoms with E-state index in [2.05, 4.69) is 34.1 Å². The number of fused-ring (bicyclic) bond motifs is 9. The zero-order valence-electron chi connectivity index (χ0n) is 19.7. The van der Waals surface area contributed by atoms with Gasteiger partial charge < -0.3 is 9.88 Å². The number of benzene rings is 2. The quantitative estimate of drug-likeness (QED) is 0.520. The van der Waals surface area contributed by atoms with Gasteiger partial charge in [0.2, 0.25) is 11.8 Å². The normalized spacial score (nSPS) is 32.0. The molecule has 0 spiro atoms. The summed E-state index contributed by atoms with van der Waals surface area (Å²) in [6.07, 6.45) is 0.845. The van der Waals surface area contributed by atoms with Crippen molar-refractivity contribution in [3.63, 3.8) is 0 Å². The Hall–Kier alpha value is -2.91. The van der Waals surface area contributed by atoms with Crippen LogP contribution in [0.1, 0.15) is 22.8 Å². The number of carbonyl (C=O) groups excluding carboxylic acids is 2. The predicted molar refractivity (Wildman–Crippen MR) is 138 cm³/mol. The number of aromatic nitrogens is 1. The van der Waals surface area contributed by atoms with E-state index < -0.39 is 5.82 Å². The van der Waals surface area contributed by atoms with E-state index in [-0.39, 0.29) is 57.4 Å². The summed E-state index contributed by atoms with van der Waals surface area (Å²) in [5.41, 5.74) is 2.68. The summed E-state index contributed by atoms with van der Waals surface area (Å²) in [5.74, 6) is -1.16. The van der Waals surface area contributed by atoms with Gasteiger partial charge in [0.1, 0.15) is 5.82 Å². The molecule has 2 aromatic carbocycles. The third-order valence-electron chi connectivity index (χ3n) is 8.58. The van der Waals surface area contributed by atoms with E-state index in [0.717, 1.165) is 27.6 Å². The maximum absolute atomic E-state index is 13.7. The number of thiazole rings is 1. The van der Waals surface area contributed by atoms with E-state index in [9.17, 15) is 18.8 Å². The monoisotopic (exact) mass is 521 g/mol. The van der Waals surface area contributed by atoms with E-state index in [0.29, 0.717) is 5.69 Å². The molecule has 3 aromatic rings. The van der Waals surface area contributed by atoms with Crippen molar-refractivity contribution in [2.75, 3.05) is 23.9 Å². The molecule has 2 saturated carbocycles. The number of aromatic amines is 1. The SMILES string of the molecule is CN(C)c1ccc([C@@H]2c3sc(=O)[nH]c3S[C@@H]3[C@H]4C[C@@H]([C@@H]5C(=O)N(c6ccc(F)cc6)C(=O)[C@@H]45)[C@H]23)cc1. The number of hydrogen-bond acceptors (Lipinski definition) is 6. The number of halogens is 1. The molecule has 0 radical (unpaired) electrons. The molecule has 3 heterocycles. The van der Waals surface area contributed by atoms with E-state index in [1.807, 2.05) is 14.1 Å². The molecule has 1 aromatic heterocycles. The summed E-state index contributed by atoms with van der Waals surface area (Å²) in [7, 11) is 4.01. The largest absolute Gasteiger partial charge is 0.378 e. The first-order chi connectivity index (χ1) is 17.3. The molecule has 4 aliphatic rings. The van der Waals surface area contributed by atoms with E-state index >= 15 is 0 Å². The fourth-order valence-electron chi connectivity index (χ4n) is 7.21. The first-order valence-electron chi connectivity index (χ1n) is 12.1. The number of imide groups is 1. The molecule has 0 unspecified atom stereocenters. The Bertz CT molecular complexity index is 1450. The Balaban J connectivity index is 1.31. The first kappa shape index (κ1) is 22.3. The molecule has 2 aliphatic heterocycles. The lowest BCUT2D eigenvalue weighted by molar-refractivity contribution is -0.123. The third kappa shape index (κ3) is 2.99. The topological polar surface area (TPSA) is 73.5 Å². The van der Waals surface area contributed by atoms with Crippen LogP contribution in [-0.4, -0.2) is 36.1 Å². The lowest BCUT2D eigenvalue weighted by atomic mass is 9.68. The fourth-order valence-corrected chi connectivity index (χ4v) is 10.1. The molecule has 36 heavy (non-hydrogen) atoms. The molecular weight excluding hydrogens is 497 g/mol. The molecule has 3 fully saturated rings. The molecule has 9 heteroatoms. The van der Waals surface area contributed by atoms with Crippen LogP contribution in [0.4, 0.5) is 15.8 Å². The van der Waals surface area contributed by atoms with Crippen LogP contribution in [0.3, 0.4) is 0 Å². The van der Waals surface area contributed by atoms with Crippen LogP contribution in [0.25, 0.3) is 0 Å². The number of carbonyl (C=O) groups is 2. The highest BCUT2D eigenvalue weighted by molar-refractivity contribution is 8.00. The van der Waals surface area contributed by atoms with Crippen LogP contribution in [0, 0.1) is 35.4 Å². The smallest absolute Gasteiger partial charge is 0.305 e. The van der Waals surface area contributed by atoms with Crippen molar-refractivity contribution in [1.29, 1.82) is 0 Å². The number of nitrogens with zero attached hydrogens (tertiary/aromatic N) is 2. The molecular formula is C27H24FN3O3S2. The van der Waals surface area contributed by atoms with Crippen molar-refractivity contribution in [3.05, 3.63) is 74.5 Å². The van der Waals surface area contributed by atoms with Crippen LogP contribution in [-0.2, 0) is 9.59 Å². The summed E-state index contributed by atoms with van der Waals surface area (Å²) in [5, 5.41) is 1.06. The van der Waals surface area contributed by atoms with Gasteiger partial charge in [-0.25, -0.2) is 4.39 Å². The number of nitrogens with one attached hydrogen (secondary N) is 1. The maximum Gasteiger partial charge on any atom is 0.305 e. The molecule has 7 atom stereocenters. The van der Waals surface area contributed by atoms with E-state index in [1.54, 1.807) is 11.8 Å². The van der Waals surface area contributed by atoms with Crippen LogP contribution in [0.2, 0.25) is 0 Å². The fraction of sp³-hybridized carbons (Fsp3) is 0.370. The van der Waals surface area contributed by atoms with Gasteiger partial charge in [-0.15, -0.1) is 11.8 Å². The Morgan fingerprint density at radius 3 is 2.28 bits per heavy atom. The highest BCUT2D eigenvalue weighted by Crippen LogP contribution is 2.68. The minimum atomic E-state index is -0.399. The molecule has 2 aliphatic carbocycles. The zero-order valence-corrected chi connectivity index (χ0v) is 21.3. The minimum Gasteiger partial charge on any atom is -0.378 e. The maximum atomic E-state index is 13.7. The predicted octanol–water partition coefficient (Wildman–Crippen LogP) is 4.32. The lowest BCUT2D eigenvalue weighted by Crippen LogP contribution is -2.42. The van der Waals surface area contributed by atoms with Gasteiger partial charge in [-0.05, 0) is 66.1 Å². The molecule has 184 valence electrons. The summed E-state index contributed by atoms with van der Waals surface area (Å²) in [4.78, 5) is 47.1. The Morgan fingerprint density at radius 1 is 0.944 bits per heavy atom. The summed E-state index contributed by atoms with van der Waals surface area (Å²) < 4.78 is 13.5. The van der Waals surface area contributed by atoms with E-state index in [1.165, 1.54) is 40.5 Å². The van der Waals surface area contributed by atoms with Gasteiger partial charge in [0.25, 0.3) is 0 Å². The van der Waals surface area contributed by atoms with Gasteiger partial charge in [-0.3, -0.25) is 19.3 Å². The van der Waals surface area contributed by atoms with Gasteiger partial charge in [0, 0.05) is 35.8 Å². The standard InChI is InChI=1S/C27H24FN3O3S2/c1-30(2)14-7-3-12(4-8-14)18-19-16-11-17(22(19)35-24-23(18)36-27(34)29-24)21-20(16)25(32)31(26(21)33)15-9-5-13(28)6-10-15/h3-10,16-22H,11H2,1-2H3,(H,29,34)/t16-,17+,18+,19-,20+,21+,22-/m1/s1. The molecule has 1 saturated heterocycles. The number of amides is 2. The second-order valence-corrected chi connectivity index (χ2v) is 12.6. The molecule has 2 bridgehead atoms. The highest BCUT2D eigenvalue weighted by atomic mass is 32.2. The second kappa shape index (κ2) is 7.79. The summed E-state index contributed by atoms with van der Waals surface area (Å²) in [6, 6.07) is 14.1. The number of rotatable bonds is 3. The molecule has 6 nitrogen and oxygen atoms in total.